The number of cyclic esters (lactones) is 2. The molecule has 99 heavy (non-hydrogen) atoms. The molecule has 10 atom stereocenters. The molecule has 5 aliphatic rings. The van der Waals surface area contributed by atoms with Gasteiger partial charge >= 0.3 is 48.1 Å². The Morgan fingerprint density at radius 1 is 0.879 bits per heavy atom. The third kappa shape index (κ3) is 43.5. The van der Waals surface area contributed by atoms with Crippen molar-refractivity contribution in [2.45, 2.75) is 284 Å². The van der Waals surface area contributed by atoms with E-state index >= 15 is 0 Å². The Labute approximate surface area is 627 Å². The van der Waals surface area contributed by atoms with Gasteiger partial charge in [-0.25, -0.2) is 9.59 Å². The summed E-state index contributed by atoms with van der Waals surface area (Å²) in [5.74, 6) is 6.93. The Morgan fingerprint density at radius 2 is 1.44 bits per heavy atom. The number of terminal acetylenes is 1. The van der Waals surface area contributed by atoms with E-state index in [2.05, 4.69) is 151 Å². The summed E-state index contributed by atoms with van der Waals surface area (Å²) < 4.78 is 58.3. The number of ether oxygens (including phenoxy) is 6. The van der Waals surface area contributed by atoms with Crippen molar-refractivity contribution >= 4 is 92.0 Å². The number of esters is 2. The van der Waals surface area contributed by atoms with Crippen LogP contribution in [0.1, 0.15) is 170 Å². The first kappa shape index (κ1) is 96.8. The van der Waals surface area contributed by atoms with E-state index < -0.39 is 66.8 Å². The van der Waals surface area contributed by atoms with Gasteiger partial charge in [-0.2, -0.15) is 16.5 Å². The van der Waals surface area contributed by atoms with Crippen molar-refractivity contribution in [2.75, 3.05) is 0 Å². The summed E-state index contributed by atoms with van der Waals surface area (Å²) >= 11 is 6.00. The Hall–Kier alpha value is -4.26. The Balaban J connectivity index is 0. The maximum absolute atomic E-state index is 12.4. The van der Waals surface area contributed by atoms with Crippen LogP contribution in [0.3, 0.4) is 0 Å². The van der Waals surface area contributed by atoms with E-state index in [0.717, 1.165) is 43.1 Å². The van der Waals surface area contributed by atoms with Gasteiger partial charge in [-0.1, -0.05) is 89.1 Å². The van der Waals surface area contributed by atoms with Crippen molar-refractivity contribution in [1.29, 1.82) is 0 Å². The quantitative estimate of drug-likeness (QED) is 0.0209. The molecule has 0 spiro atoms. The van der Waals surface area contributed by atoms with Crippen molar-refractivity contribution in [3.05, 3.63) is 110 Å². The average molecular weight is 1670 g/mol. The molecule has 19 nitrogen and oxygen atoms in total. The van der Waals surface area contributed by atoms with Gasteiger partial charge in [0.2, 0.25) is 16.6 Å². The van der Waals surface area contributed by atoms with E-state index in [9.17, 15) is 29.7 Å². The number of hydrogen-bond donors (Lipinski definition) is 4. The van der Waals surface area contributed by atoms with E-state index in [0.29, 0.717) is 56.9 Å². The first-order chi connectivity index (χ1) is 45.8. The predicted octanol–water partition coefficient (Wildman–Crippen LogP) is 16.7. The van der Waals surface area contributed by atoms with E-state index in [1.165, 1.54) is 22.4 Å². The van der Waals surface area contributed by atoms with E-state index in [1.807, 2.05) is 52.7 Å². The second-order valence-electron chi connectivity index (χ2n) is 29.0. The molecule has 0 radical (unpaired) electrons. The van der Waals surface area contributed by atoms with Crippen LogP contribution < -0.4 is 0 Å². The van der Waals surface area contributed by atoms with Crippen LogP contribution >= 0.6 is 36.6 Å². The molecule has 25 heteroatoms. The molecule has 4 N–H and O–H groups in total. The monoisotopic (exact) mass is 1660 g/mol. The van der Waals surface area contributed by atoms with Crippen LogP contribution in [-0.4, -0.2) is 142 Å². The number of rotatable bonds is 13. The molecule has 0 saturated carbocycles. The number of carbonyl (C=O) groups excluding carboxylic acids is 5. The van der Waals surface area contributed by atoms with Crippen molar-refractivity contribution in [3.8, 4) is 35.7 Å². The number of allylic oxidation sites excluding steroid dienone is 4. The number of hydrogen-bond acceptors (Lipinski definition) is 19. The molecule has 1 aromatic rings. The normalized spacial score (nSPS) is 25.3. The Kier molecular flexibility index (Phi) is 46.8. The number of fused-ring (bicyclic) bond motifs is 2. The van der Waals surface area contributed by atoms with Crippen LogP contribution in [0.2, 0.25) is 57.4 Å². The molecule has 0 aromatic heterocycles. The van der Waals surface area contributed by atoms with Crippen LogP contribution in [0.15, 0.2) is 91.5 Å². The molecule has 1 aromatic carbocycles. The van der Waals surface area contributed by atoms with Gasteiger partial charge in [0.05, 0.1) is 36.3 Å². The molecular formula is C74H116BrIO19Si3Zn. The number of phenolic OH excluding ortho intramolecular Hbond substituents is 2. The number of carbonyl (C=O) groups is 3. The number of aliphatic hydroxyl groups excluding tert-OH is 2. The molecule has 2 fully saturated rings. The van der Waals surface area contributed by atoms with Crippen molar-refractivity contribution in [3.63, 3.8) is 0 Å². The molecule has 4 heterocycles. The molecular weight excluding hydrogens is 1550 g/mol. The third-order valence-electron chi connectivity index (χ3n) is 14.6. The first-order valence-corrected chi connectivity index (χ1v) is 50.8. The van der Waals surface area contributed by atoms with Gasteiger partial charge in [0.25, 0.3) is 0 Å². The third-order valence-corrected chi connectivity index (χ3v) is 21.4. The van der Waals surface area contributed by atoms with Crippen LogP contribution in [0.25, 0.3) is 6.08 Å². The van der Waals surface area contributed by atoms with E-state index in [-0.39, 0.29) is 76.4 Å². The van der Waals surface area contributed by atoms with Crippen molar-refractivity contribution < 1.29 is 106 Å². The second-order valence-corrected chi connectivity index (χ2v) is 43.2. The molecule has 2 saturated heterocycles. The summed E-state index contributed by atoms with van der Waals surface area (Å²) in [5.41, 5.74) is 0.494. The summed E-state index contributed by atoms with van der Waals surface area (Å²) in [4.78, 5) is 50.8. The van der Waals surface area contributed by atoms with Crippen molar-refractivity contribution in [2.24, 2.45) is 5.41 Å². The summed E-state index contributed by atoms with van der Waals surface area (Å²) in [6.45, 7) is 52.0. The molecule has 6 rings (SSSR count). The van der Waals surface area contributed by atoms with Crippen LogP contribution in [0.5, 0.6) is 11.5 Å². The number of halogens is 2. The summed E-state index contributed by atoms with van der Waals surface area (Å²) in [7, 11) is -5.05. The summed E-state index contributed by atoms with van der Waals surface area (Å²) in [6, 6.07) is 2.49. The fourth-order valence-corrected chi connectivity index (χ4v) is 13.2. The second kappa shape index (κ2) is 47.9. The predicted molar refractivity (Wildman–Crippen MR) is 406 cm³/mol. The molecule has 1 unspecified atom stereocenters. The molecule has 4 aliphatic heterocycles. The van der Waals surface area contributed by atoms with Gasteiger partial charge in [-0.05, 0) is 168 Å². The van der Waals surface area contributed by atoms with Crippen LogP contribution in [-0.2, 0) is 80.3 Å². The SMILES string of the molecule is C#C[CH2-].C=CC[C@@H](C)O.C=C[C@H]1OC(C)(C)O[C@H]1CCC=O.CC1(C)C=C(O[Si](C)(C)C)C=C(O[Si](C)(C)C)C1.C[C@H]1C/C=C/[C@@H](OI)[C@@H](O)CC/C=C/c2cc(O)cc(O)c2C(=O)O1.C[C@H]1C/C=C/[C@H]2OC(C)(C)O[C@H]2CCC(O[Si](C)(C)C(C)(C)C)CC#CC(=O)O1.O=C=O.[Zn+][Br]. The fourth-order valence-electron chi connectivity index (χ4n) is 9.60. The van der Waals surface area contributed by atoms with Gasteiger partial charge < -0.3 is 82.3 Å². The number of benzene rings is 1. The molecule has 0 amide bonds. The number of aromatic hydroxyl groups is 2. The maximum atomic E-state index is 12.4. The summed E-state index contributed by atoms with van der Waals surface area (Å²) in [5, 5.41) is 38.5. The standard InChI is InChI=1S/C23H38O5Si.C18H21IO6.C14H28O2Si2.C10H16O3.C5H10O.C3H3.CO2.BrH.Zn/c1-17-11-9-13-19-20(27-23(5,6)26-19)16-15-18(12-10-14-21(24)25-17)28-29(7,8)22(2,3)4;1-11-5-4-8-16(25-19)14(21)7-3-2-6-12-9-13(20)10-15(22)17(12)18(23)24-11;1-14(2)10-12(15-17(3,4)5)9-13(11-14)16-18(6,7)8;1-4-8-9(6-5-7-11)13-10(2,3)12-8;1-3-4-5(2)6;1-3-2;2-1-3;;/h9,13,17-20H,11-12,15-16H2,1-8H3;2,4,6,8-11,14,16,20-22H,3,5,7H2,1H3;9-10H,11H2,1-8H3;4,7-9H,1,5-6H2,2-3H3;3,5-6H,1,4H2,2H3;1H,2H2;;1H;/q;;;;;-1;;;+2/p-1/b13-9+;6-2+,8-4+;;;;;;;/t17-,18?,19+,20-;11-,14-,16+;;8-,9+;5-;;;;/m00.11..../s1. The number of aldehydes is 1. The van der Waals surface area contributed by atoms with E-state index in [4.69, 9.17) is 59.5 Å². The summed E-state index contributed by atoms with van der Waals surface area (Å²) in [6.07, 6.45) is 29.1. The Morgan fingerprint density at radius 3 is 1.96 bits per heavy atom. The van der Waals surface area contributed by atoms with Gasteiger partial charge in [0.1, 0.15) is 82.6 Å². The Bertz CT molecular complexity index is 2920. The van der Waals surface area contributed by atoms with Gasteiger partial charge in [0.15, 0.2) is 19.9 Å². The molecule has 1 aliphatic carbocycles. The van der Waals surface area contributed by atoms with E-state index in [1.54, 1.807) is 73.3 Å². The number of phenols is 2. The fraction of sp³-hybridized carbons (Fsp3) is 0.608. The van der Waals surface area contributed by atoms with Gasteiger partial charge in [0, 0.05) is 50.2 Å². The molecule has 554 valence electrons. The molecule has 0 bridgehead atoms. The van der Waals surface area contributed by atoms with Crippen LogP contribution in [0.4, 0.5) is 0 Å². The minimum atomic E-state index is -1.96. The first-order valence-electron chi connectivity index (χ1n) is 33.2. The van der Waals surface area contributed by atoms with Gasteiger partial charge in [-0.15, -0.1) is 13.2 Å². The van der Waals surface area contributed by atoms with Crippen molar-refractivity contribution in [1.82, 2.24) is 0 Å². The van der Waals surface area contributed by atoms with Gasteiger partial charge in [-0.3, -0.25) is 0 Å². The zero-order valence-electron chi connectivity index (χ0n) is 62.6. The zero-order chi connectivity index (χ0) is 76.8. The topological polar surface area (TPSA) is 259 Å². The average Bonchev–Trinajstić information content (AvgIpc) is 1.81. The number of aliphatic hydroxyl groups is 2. The van der Waals surface area contributed by atoms with Crippen LogP contribution in [0, 0.1) is 36.5 Å². The zero-order valence-corrected chi connectivity index (χ0v) is 72.3. The minimum absolute atomic E-state index is 0.0101.